The first-order valence-corrected chi connectivity index (χ1v) is 5.93. The lowest BCUT2D eigenvalue weighted by molar-refractivity contribution is -0.130. The van der Waals surface area contributed by atoms with Crippen LogP contribution in [0.2, 0.25) is 5.02 Å². The van der Waals surface area contributed by atoms with Crippen LogP contribution in [0.25, 0.3) is 0 Å². The van der Waals surface area contributed by atoms with Crippen LogP contribution in [-0.2, 0) is 9.59 Å². The van der Waals surface area contributed by atoms with E-state index in [0.29, 0.717) is 16.3 Å². The van der Waals surface area contributed by atoms with Crippen LogP contribution >= 0.6 is 23.8 Å². The molecule has 1 aliphatic rings. The highest BCUT2D eigenvalue weighted by molar-refractivity contribution is 7.80. The van der Waals surface area contributed by atoms with Gasteiger partial charge in [-0.2, -0.15) is 0 Å². The van der Waals surface area contributed by atoms with E-state index in [-0.39, 0.29) is 29.9 Å². The fraction of sp³-hybridized carbons (Fsp3) is 0.182. The summed E-state index contributed by atoms with van der Waals surface area (Å²) in [6.45, 7) is 0.173. The number of nitrogens with two attached hydrogens (primary N) is 1. The molecule has 0 bridgehead atoms. The highest BCUT2D eigenvalue weighted by atomic mass is 35.5. The third-order valence-corrected chi connectivity index (χ3v) is 2.97. The van der Waals surface area contributed by atoms with Crippen LogP contribution in [0.4, 0.5) is 5.69 Å². The summed E-state index contributed by atoms with van der Waals surface area (Å²) in [7, 11) is 0. The van der Waals surface area contributed by atoms with Crippen LogP contribution in [0.3, 0.4) is 0 Å². The van der Waals surface area contributed by atoms with Crippen molar-refractivity contribution < 1.29 is 9.59 Å². The first-order chi connectivity index (χ1) is 8.47. The number of halogens is 1. The van der Waals surface area contributed by atoms with Gasteiger partial charge in [-0.05, 0) is 18.2 Å². The number of anilines is 1. The normalized spacial score (nSPS) is 15.5. The monoisotopic (exact) mass is 283 g/mol. The summed E-state index contributed by atoms with van der Waals surface area (Å²) in [5.74, 6) is -0.704. The van der Waals surface area contributed by atoms with Crippen molar-refractivity contribution in [2.75, 3.05) is 18.0 Å². The lowest BCUT2D eigenvalue weighted by Gasteiger charge is -2.29. The van der Waals surface area contributed by atoms with Crippen molar-refractivity contribution >= 4 is 46.3 Å². The second-order valence-electron chi connectivity index (χ2n) is 3.85. The maximum absolute atomic E-state index is 11.3. The SMILES string of the molecule is NC(=S)c1cc(Cl)ccc1N1CC(=O)NC(=O)C1. The Morgan fingerprint density at radius 1 is 1.33 bits per heavy atom. The number of amides is 2. The molecule has 1 aromatic rings. The molecule has 0 saturated carbocycles. The molecular formula is C11H10ClN3O2S. The molecule has 94 valence electrons. The van der Waals surface area contributed by atoms with E-state index in [1.165, 1.54) is 0 Å². The first kappa shape index (κ1) is 12.8. The predicted octanol–water partition coefficient (Wildman–Crippen LogP) is 0.437. The molecule has 0 radical (unpaired) electrons. The Morgan fingerprint density at radius 3 is 2.50 bits per heavy atom. The van der Waals surface area contributed by atoms with Crippen LogP contribution in [0.5, 0.6) is 0 Å². The van der Waals surface area contributed by atoms with Gasteiger partial charge >= 0.3 is 0 Å². The number of benzene rings is 1. The van der Waals surface area contributed by atoms with E-state index in [4.69, 9.17) is 29.6 Å². The molecule has 1 aromatic carbocycles. The zero-order chi connectivity index (χ0) is 13.3. The largest absolute Gasteiger partial charge is 0.389 e. The molecular weight excluding hydrogens is 274 g/mol. The molecule has 2 rings (SSSR count). The van der Waals surface area contributed by atoms with E-state index in [2.05, 4.69) is 5.32 Å². The van der Waals surface area contributed by atoms with Crippen molar-refractivity contribution in [1.82, 2.24) is 5.32 Å². The number of imide groups is 1. The van der Waals surface area contributed by atoms with Crippen molar-refractivity contribution in [3.8, 4) is 0 Å². The van der Waals surface area contributed by atoms with E-state index in [0.717, 1.165) is 0 Å². The standard InChI is InChI=1S/C11H10ClN3O2S/c12-6-1-2-8(7(3-6)11(13)18)15-4-9(16)14-10(17)5-15/h1-3H,4-5H2,(H2,13,18)(H,14,16,17). The Balaban J connectivity index is 2.41. The number of rotatable bonds is 2. The lowest BCUT2D eigenvalue weighted by Crippen LogP contribution is -2.51. The molecule has 0 aliphatic carbocycles. The highest BCUT2D eigenvalue weighted by Gasteiger charge is 2.24. The molecule has 0 unspecified atom stereocenters. The summed E-state index contributed by atoms with van der Waals surface area (Å²) in [5.41, 5.74) is 6.81. The first-order valence-electron chi connectivity index (χ1n) is 5.14. The molecule has 5 nitrogen and oxygen atoms in total. The smallest absolute Gasteiger partial charge is 0.246 e. The zero-order valence-corrected chi connectivity index (χ0v) is 10.8. The Bertz CT molecular complexity index is 531. The van der Waals surface area contributed by atoms with Crippen LogP contribution in [0, 0.1) is 0 Å². The Labute approximate surface area is 114 Å². The van der Waals surface area contributed by atoms with Gasteiger partial charge in [0.25, 0.3) is 0 Å². The van der Waals surface area contributed by atoms with Gasteiger partial charge < -0.3 is 10.6 Å². The second-order valence-corrected chi connectivity index (χ2v) is 4.73. The Morgan fingerprint density at radius 2 is 1.94 bits per heavy atom. The molecule has 0 atom stereocenters. The van der Waals surface area contributed by atoms with E-state index in [1.54, 1.807) is 23.1 Å². The van der Waals surface area contributed by atoms with Crippen molar-refractivity contribution in [3.05, 3.63) is 28.8 Å². The van der Waals surface area contributed by atoms with Gasteiger partial charge in [0.1, 0.15) is 4.99 Å². The van der Waals surface area contributed by atoms with Gasteiger partial charge in [-0.3, -0.25) is 14.9 Å². The van der Waals surface area contributed by atoms with E-state index < -0.39 is 0 Å². The number of piperazine rings is 1. The fourth-order valence-electron chi connectivity index (χ4n) is 1.79. The summed E-state index contributed by atoms with van der Waals surface area (Å²) in [5, 5.41) is 2.72. The number of hydrogen-bond acceptors (Lipinski definition) is 4. The number of carbonyl (C=O) groups is 2. The summed E-state index contributed by atoms with van der Waals surface area (Å²) >= 11 is 10.8. The van der Waals surface area contributed by atoms with Crippen molar-refractivity contribution in [1.29, 1.82) is 0 Å². The van der Waals surface area contributed by atoms with Crippen LogP contribution in [-0.4, -0.2) is 29.9 Å². The minimum absolute atomic E-state index is 0.0863. The maximum atomic E-state index is 11.3. The van der Waals surface area contributed by atoms with Gasteiger partial charge in [0.05, 0.1) is 13.1 Å². The van der Waals surface area contributed by atoms with Crippen molar-refractivity contribution in [3.63, 3.8) is 0 Å². The maximum Gasteiger partial charge on any atom is 0.246 e. The van der Waals surface area contributed by atoms with Gasteiger partial charge in [-0.25, -0.2) is 0 Å². The molecule has 18 heavy (non-hydrogen) atoms. The van der Waals surface area contributed by atoms with Crippen LogP contribution in [0.15, 0.2) is 18.2 Å². The molecule has 1 heterocycles. The average Bonchev–Trinajstić information content (AvgIpc) is 2.27. The molecule has 0 aromatic heterocycles. The fourth-order valence-corrected chi connectivity index (χ4v) is 2.12. The van der Waals surface area contributed by atoms with Crippen molar-refractivity contribution in [2.45, 2.75) is 0 Å². The molecule has 2 amide bonds. The van der Waals surface area contributed by atoms with Gasteiger partial charge in [-0.1, -0.05) is 23.8 Å². The number of hydrogen-bond donors (Lipinski definition) is 2. The number of carbonyl (C=O) groups excluding carboxylic acids is 2. The topological polar surface area (TPSA) is 75.4 Å². The van der Waals surface area contributed by atoms with Crippen molar-refractivity contribution in [2.24, 2.45) is 5.73 Å². The Hall–Kier alpha value is -1.66. The summed E-state index contributed by atoms with van der Waals surface area (Å²) < 4.78 is 0. The zero-order valence-electron chi connectivity index (χ0n) is 9.27. The third-order valence-electron chi connectivity index (χ3n) is 2.51. The molecule has 7 heteroatoms. The van der Waals surface area contributed by atoms with Crippen LogP contribution < -0.4 is 16.0 Å². The van der Waals surface area contributed by atoms with Gasteiger partial charge in [0, 0.05) is 16.3 Å². The number of thiocarbonyl (C=S) groups is 1. The second kappa shape index (κ2) is 4.91. The van der Waals surface area contributed by atoms with Gasteiger partial charge in [0.15, 0.2) is 0 Å². The third kappa shape index (κ3) is 2.60. The quantitative estimate of drug-likeness (QED) is 0.608. The summed E-state index contributed by atoms with van der Waals surface area (Å²) in [6.07, 6.45) is 0. The number of nitrogens with zero attached hydrogens (tertiary/aromatic N) is 1. The van der Waals surface area contributed by atoms with E-state index >= 15 is 0 Å². The highest BCUT2D eigenvalue weighted by Crippen LogP contribution is 2.24. The Kier molecular flexibility index (Phi) is 3.49. The molecule has 0 spiro atoms. The predicted molar refractivity (Wildman–Crippen MR) is 72.7 cm³/mol. The average molecular weight is 284 g/mol. The summed E-state index contributed by atoms with van der Waals surface area (Å²) in [4.78, 5) is 24.5. The molecule has 1 fully saturated rings. The van der Waals surface area contributed by atoms with E-state index in [1.807, 2.05) is 0 Å². The van der Waals surface area contributed by atoms with Gasteiger partial charge in [0.2, 0.25) is 11.8 Å². The molecule has 1 saturated heterocycles. The van der Waals surface area contributed by atoms with Crippen LogP contribution in [0.1, 0.15) is 5.56 Å². The molecule has 3 N–H and O–H groups in total. The van der Waals surface area contributed by atoms with E-state index in [9.17, 15) is 9.59 Å². The summed E-state index contributed by atoms with van der Waals surface area (Å²) in [6, 6.07) is 4.98. The minimum Gasteiger partial charge on any atom is -0.389 e. The van der Waals surface area contributed by atoms with Gasteiger partial charge in [-0.15, -0.1) is 0 Å². The number of nitrogens with one attached hydrogen (secondary N) is 1. The molecule has 1 aliphatic heterocycles. The minimum atomic E-state index is -0.352. The lowest BCUT2D eigenvalue weighted by atomic mass is 10.1.